The maximum atomic E-state index is 12.6. The van der Waals surface area contributed by atoms with Gasteiger partial charge in [0.2, 0.25) is 5.91 Å². The van der Waals surface area contributed by atoms with Crippen LogP contribution in [0, 0.1) is 0 Å². The van der Waals surface area contributed by atoms with E-state index in [2.05, 4.69) is 5.32 Å². The van der Waals surface area contributed by atoms with Crippen molar-refractivity contribution in [2.45, 2.75) is 24.3 Å². The van der Waals surface area contributed by atoms with Crippen molar-refractivity contribution in [3.05, 3.63) is 90.0 Å². The van der Waals surface area contributed by atoms with E-state index < -0.39 is 18.5 Å². The van der Waals surface area contributed by atoms with Crippen molar-refractivity contribution in [2.75, 3.05) is 30.8 Å². The normalized spacial score (nSPS) is 12.7. The summed E-state index contributed by atoms with van der Waals surface area (Å²) in [5.74, 6) is -0.0464. The van der Waals surface area contributed by atoms with E-state index in [0.29, 0.717) is 28.5 Å². The van der Waals surface area contributed by atoms with E-state index in [1.165, 1.54) is 11.8 Å². The van der Waals surface area contributed by atoms with Gasteiger partial charge in [-0.15, -0.1) is 11.8 Å². The number of benzene rings is 3. The maximum Gasteiger partial charge on any atom is 0.339 e. The highest BCUT2D eigenvalue weighted by Gasteiger charge is 2.20. The highest BCUT2D eigenvalue weighted by atomic mass is 32.2. The third-order valence-electron chi connectivity index (χ3n) is 5.64. The number of carbonyl (C=O) groups excluding carboxylic acids is 3. The molecule has 36 heavy (non-hydrogen) atoms. The van der Waals surface area contributed by atoms with Crippen LogP contribution in [0.25, 0.3) is 0 Å². The molecule has 3 aromatic rings. The summed E-state index contributed by atoms with van der Waals surface area (Å²) in [6.07, 6.45) is 2.07. The number of hydrogen-bond donors (Lipinski definition) is 1. The van der Waals surface area contributed by atoms with Gasteiger partial charge >= 0.3 is 5.97 Å². The number of likely N-dealkylation sites (tertiary alicyclic amines) is 1. The summed E-state index contributed by atoms with van der Waals surface area (Å²) in [5, 5.41) is 2.71. The highest BCUT2D eigenvalue weighted by Crippen LogP contribution is 2.24. The Morgan fingerprint density at radius 2 is 1.56 bits per heavy atom. The van der Waals surface area contributed by atoms with Crippen LogP contribution in [-0.2, 0) is 20.9 Å². The van der Waals surface area contributed by atoms with E-state index in [-0.39, 0.29) is 11.7 Å². The minimum atomic E-state index is -0.605. The Kier molecular flexibility index (Phi) is 8.99. The number of rotatable bonds is 10. The first-order valence-corrected chi connectivity index (χ1v) is 12.8. The summed E-state index contributed by atoms with van der Waals surface area (Å²) in [5.41, 5.74) is 1.97. The molecule has 0 aromatic heterocycles. The molecule has 0 aliphatic carbocycles. The largest absolute Gasteiger partial charge is 0.489 e. The van der Waals surface area contributed by atoms with Crippen molar-refractivity contribution in [2.24, 2.45) is 0 Å². The van der Waals surface area contributed by atoms with Gasteiger partial charge in [0, 0.05) is 23.7 Å². The fourth-order valence-electron chi connectivity index (χ4n) is 3.74. The Morgan fingerprint density at radius 1 is 0.861 bits per heavy atom. The molecule has 0 unspecified atom stereocenters. The van der Waals surface area contributed by atoms with Gasteiger partial charge in [0.25, 0.3) is 5.91 Å². The van der Waals surface area contributed by atoms with Crippen LogP contribution in [0.4, 0.5) is 5.69 Å². The van der Waals surface area contributed by atoms with Gasteiger partial charge in [-0.3, -0.25) is 9.59 Å². The van der Waals surface area contributed by atoms with Crippen LogP contribution in [0.3, 0.4) is 0 Å². The zero-order valence-corrected chi connectivity index (χ0v) is 20.7. The summed E-state index contributed by atoms with van der Waals surface area (Å²) in [6, 6.07) is 23.8. The van der Waals surface area contributed by atoms with Crippen molar-refractivity contribution < 1.29 is 23.9 Å². The molecule has 2 amide bonds. The van der Waals surface area contributed by atoms with Crippen LogP contribution in [0.2, 0.25) is 0 Å². The first-order valence-electron chi connectivity index (χ1n) is 11.8. The number of esters is 1. The third kappa shape index (κ3) is 7.36. The molecule has 0 spiro atoms. The lowest BCUT2D eigenvalue weighted by atomic mass is 10.2. The SMILES string of the molecule is O=C(COC(=O)c1ccccc1SCC(=O)N1CCCC1)Nc1ccc(OCc2ccccc2)cc1. The quantitative estimate of drug-likeness (QED) is 0.316. The van der Waals surface area contributed by atoms with Gasteiger partial charge < -0.3 is 19.7 Å². The molecule has 1 heterocycles. The molecule has 0 atom stereocenters. The number of thioether (sulfide) groups is 1. The van der Waals surface area contributed by atoms with E-state index >= 15 is 0 Å². The second-order valence-corrected chi connectivity index (χ2v) is 9.31. The summed E-state index contributed by atoms with van der Waals surface area (Å²) in [7, 11) is 0. The van der Waals surface area contributed by atoms with E-state index in [4.69, 9.17) is 9.47 Å². The average molecular weight is 505 g/mol. The molecule has 186 valence electrons. The smallest absolute Gasteiger partial charge is 0.339 e. The van der Waals surface area contributed by atoms with Crippen molar-refractivity contribution in [3.8, 4) is 5.75 Å². The highest BCUT2D eigenvalue weighted by molar-refractivity contribution is 8.00. The molecule has 1 saturated heterocycles. The van der Waals surface area contributed by atoms with E-state index in [9.17, 15) is 14.4 Å². The van der Waals surface area contributed by atoms with Crippen LogP contribution in [0.1, 0.15) is 28.8 Å². The summed E-state index contributed by atoms with van der Waals surface area (Å²) < 4.78 is 11.0. The number of anilines is 1. The number of carbonyl (C=O) groups is 3. The number of nitrogens with one attached hydrogen (secondary N) is 1. The molecular weight excluding hydrogens is 476 g/mol. The summed E-state index contributed by atoms with van der Waals surface area (Å²) in [4.78, 5) is 39.8. The van der Waals surface area contributed by atoms with Gasteiger partial charge in [-0.1, -0.05) is 42.5 Å². The van der Waals surface area contributed by atoms with Crippen LogP contribution in [0.5, 0.6) is 5.75 Å². The molecule has 8 heteroatoms. The van der Waals surface area contributed by atoms with E-state index in [1.807, 2.05) is 35.2 Å². The van der Waals surface area contributed by atoms with Gasteiger partial charge in [0.15, 0.2) is 6.61 Å². The van der Waals surface area contributed by atoms with Gasteiger partial charge in [-0.05, 0) is 54.8 Å². The lowest BCUT2D eigenvalue weighted by Gasteiger charge is -2.15. The molecule has 1 aliphatic heterocycles. The first-order chi connectivity index (χ1) is 17.6. The number of nitrogens with zero attached hydrogens (tertiary/aromatic N) is 1. The minimum Gasteiger partial charge on any atom is -0.489 e. The Morgan fingerprint density at radius 3 is 2.31 bits per heavy atom. The van der Waals surface area contributed by atoms with Gasteiger partial charge in [0.1, 0.15) is 12.4 Å². The average Bonchev–Trinajstić information content (AvgIpc) is 3.46. The van der Waals surface area contributed by atoms with Gasteiger partial charge in [0.05, 0.1) is 11.3 Å². The molecule has 0 saturated carbocycles. The van der Waals surface area contributed by atoms with Crippen molar-refractivity contribution in [3.63, 3.8) is 0 Å². The van der Waals surface area contributed by atoms with E-state index in [1.54, 1.807) is 48.5 Å². The second kappa shape index (κ2) is 12.8. The topological polar surface area (TPSA) is 84.9 Å². The molecule has 0 radical (unpaired) electrons. The monoisotopic (exact) mass is 504 g/mol. The fraction of sp³-hybridized carbons (Fsp3) is 0.250. The lowest BCUT2D eigenvalue weighted by Crippen LogP contribution is -2.29. The van der Waals surface area contributed by atoms with Crippen LogP contribution in [-0.4, -0.2) is 48.1 Å². The van der Waals surface area contributed by atoms with Crippen molar-refractivity contribution in [1.82, 2.24) is 4.90 Å². The Balaban J connectivity index is 1.23. The maximum absolute atomic E-state index is 12.6. The van der Waals surface area contributed by atoms with E-state index in [0.717, 1.165) is 31.5 Å². The minimum absolute atomic E-state index is 0.0662. The Hall–Kier alpha value is -3.78. The van der Waals surface area contributed by atoms with Gasteiger partial charge in [-0.25, -0.2) is 4.79 Å². The predicted octanol–water partition coefficient (Wildman–Crippen LogP) is 4.78. The van der Waals surface area contributed by atoms with Crippen LogP contribution < -0.4 is 10.1 Å². The molecule has 0 bridgehead atoms. The molecule has 7 nitrogen and oxygen atoms in total. The van der Waals surface area contributed by atoms with Gasteiger partial charge in [-0.2, -0.15) is 0 Å². The van der Waals surface area contributed by atoms with Crippen molar-refractivity contribution in [1.29, 1.82) is 0 Å². The summed E-state index contributed by atoms with van der Waals surface area (Å²) in [6.45, 7) is 1.62. The Bertz CT molecular complexity index is 1180. The fourth-order valence-corrected chi connectivity index (χ4v) is 4.68. The summed E-state index contributed by atoms with van der Waals surface area (Å²) >= 11 is 1.31. The molecule has 1 fully saturated rings. The Labute approximate surface area is 214 Å². The number of ether oxygens (including phenoxy) is 2. The lowest BCUT2D eigenvalue weighted by molar-refractivity contribution is -0.127. The zero-order chi connectivity index (χ0) is 25.2. The second-order valence-electron chi connectivity index (χ2n) is 8.30. The third-order valence-corrected chi connectivity index (χ3v) is 6.70. The molecule has 1 N–H and O–H groups in total. The van der Waals surface area contributed by atoms with Crippen LogP contribution >= 0.6 is 11.8 Å². The molecule has 4 rings (SSSR count). The molecule has 1 aliphatic rings. The number of amides is 2. The zero-order valence-electron chi connectivity index (χ0n) is 19.9. The standard InChI is InChI=1S/C28H28N2O5S/c31-26(29-22-12-14-23(15-13-22)34-18-21-8-2-1-3-9-21)19-35-28(33)24-10-4-5-11-25(24)36-20-27(32)30-16-6-7-17-30/h1-5,8-15H,6-7,16-20H2,(H,29,31). The molecular formula is C28H28N2O5S. The molecule has 3 aromatic carbocycles. The number of hydrogen-bond acceptors (Lipinski definition) is 6. The predicted molar refractivity (Wildman–Crippen MR) is 139 cm³/mol. The van der Waals surface area contributed by atoms with Crippen molar-refractivity contribution >= 4 is 35.2 Å². The first kappa shape index (κ1) is 25.3. The van der Waals surface area contributed by atoms with Crippen LogP contribution in [0.15, 0.2) is 83.8 Å².